The molecule has 2 aromatic rings. The molecule has 1 heterocycles. The average molecular weight is 277 g/mol. The highest BCUT2D eigenvalue weighted by molar-refractivity contribution is 7.09. The Balaban J connectivity index is 2.26. The summed E-state index contributed by atoms with van der Waals surface area (Å²) in [6.45, 7) is 6.29. The highest BCUT2D eigenvalue weighted by Crippen LogP contribution is 2.25. The van der Waals surface area contributed by atoms with Crippen LogP contribution in [0.15, 0.2) is 23.6 Å². The minimum absolute atomic E-state index is 0.00204. The van der Waals surface area contributed by atoms with Crippen LogP contribution in [0.4, 0.5) is 4.39 Å². The zero-order valence-corrected chi connectivity index (χ0v) is 12.1. The van der Waals surface area contributed by atoms with Gasteiger partial charge in [0, 0.05) is 22.8 Å². The Morgan fingerprint density at radius 3 is 2.68 bits per heavy atom. The van der Waals surface area contributed by atoms with E-state index in [-0.39, 0.29) is 11.2 Å². The molecule has 0 N–H and O–H groups in total. The van der Waals surface area contributed by atoms with Crippen LogP contribution in [0.3, 0.4) is 0 Å². The van der Waals surface area contributed by atoms with Crippen molar-refractivity contribution >= 4 is 17.6 Å². The third-order valence-electron chi connectivity index (χ3n) is 2.87. The minimum Gasteiger partial charge on any atom is -0.298 e. The van der Waals surface area contributed by atoms with Gasteiger partial charge in [0.15, 0.2) is 0 Å². The molecule has 0 atom stereocenters. The molecule has 1 aromatic carbocycles. The molecule has 2 nitrogen and oxygen atoms in total. The molecule has 0 unspecified atom stereocenters. The molecule has 0 amide bonds. The fourth-order valence-electron chi connectivity index (χ4n) is 1.70. The van der Waals surface area contributed by atoms with Crippen LogP contribution in [-0.4, -0.2) is 11.3 Å². The van der Waals surface area contributed by atoms with Crippen LogP contribution in [0, 0.1) is 5.82 Å². The van der Waals surface area contributed by atoms with Crippen molar-refractivity contribution in [3.05, 3.63) is 51.2 Å². The third kappa shape index (κ3) is 3.26. The average Bonchev–Trinajstić information content (AvgIpc) is 2.80. The van der Waals surface area contributed by atoms with Gasteiger partial charge in [-0.2, -0.15) is 0 Å². The fourth-order valence-corrected chi connectivity index (χ4v) is 2.75. The smallest absolute Gasteiger partial charge is 0.150 e. The summed E-state index contributed by atoms with van der Waals surface area (Å²) < 4.78 is 13.7. The summed E-state index contributed by atoms with van der Waals surface area (Å²) in [5.41, 5.74) is 2.01. The fraction of sp³-hybridized carbons (Fsp3) is 0.333. The van der Waals surface area contributed by atoms with Crippen molar-refractivity contribution in [2.45, 2.75) is 32.6 Å². The van der Waals surface area contributed by atoms with E-state index in [2.05, 4.69) is 25.8 Å². The predicted molar refractivity (Wildman–Crippen MR) is 75.4 cm³/mol. The molecule has 19 heavy (non-hydrogen) atoms. The topological polar surface area (TPSA) is 30.0 Å². The maximum absolute atomic E-state index is 13.7. The molecule has 0 spiro atoms. The summed E-state index contributed by atoms with van der Waals surface area (Å²) in [5, 5.41) is 2.88. The second-order valence-corrected chi connectivity index (χ2v) is 6.46. The van der Waals surface area contributed by atoms with Crippen LogP contribution in [-0.2, 0) is 11.8 Å². The van der Waals surface area contributed by atoms with Gasteiger partial charge in [-0.1, -0.05) is 20.8 Å². The predicted octanol–water partition coefficient (Wildman–Crippen LogP) is 3.98. The van der Waals surface area contributed by atoms with E-state index in [1.807, 2.05) is 5.38 Å². The van der Waals surface area contributed by atoms with Gasteiger partial charge >= 0.3 is 0 Å². The van der Waals surface area contributed by atoms with E-state index >= 15 is 0 Å². The first kappa shape index (κ1) is 13.9. The summed E-state index contributed by atoms with van der Waals surface area (Å²) in [6.07, 6.45) is 1.15. The van der Waals surface area contributed by atoms with Gasteiger partial charge in [0.05, 0.1) is 10.7 Å². The SMILES string of the molecule is CC(C)(C)c1csc(Cc2cc(C=O)ccc2F)n1. The van der Waals surface area contributed by atoms with Gasteiger partial charge in [0.25, 0.3) is 0 Å². The van der Waals surface area contributed by atoms with E-state index in [1.54, 1.807) is 6.07 Å². The van der Waals surface area contributed by atoms with Crippen LogP contribution in [0.1, 0.15) is 47.4 Å². The van der Waals surface area contributed by atoms with Gasteiger partial charge < -0.3 is 0 Å². The summed E-state index contributed by atoms with van der Waals surface area (Å²) in [6, 6.07) is 4.39. The lowest BCUT2D eigenvalue weighted by Crippen LogP contribution is -2.11. The maximum Gasteiger partial charge on any atom is 0.150 e. The van der Waals surface area contributed by atoms with Crippen molar-refractivity contribution in [1.29, 1.82) is 0 Å². The zero-order valence-electron chi connectivity index (χ0n) is 11.2. The molecule has 0 fully saturated rings. The largest absolute Gasteiger partial charge is 0.298 e. The lowest BCUT2D eigenvalue weighted by atomic mass is 9.93. The van der Waals surface area contributed by atoms with Crippen molar-refractivity contribution in [3.63, 3.8) is 0 Å². The summed E-state index contributed by atoms with van der Waals surface area (Å²) >= 11 is 1.53. The Bertz CT molecular complexity index is 598. The Kier molecular flexibility index (Phi) is 3.80. The number of hydrogen-bond donors (Lipinski definition) is 0. The van der Waals surface area contributed by atoms with E-state index in [0.29, 0.717) is 17.5 Å². The molecule has 4 heteroatoms. The first-order valence-electron chi connectivity index (χ1n) is 6.08. The quantitative estimate of drug-likeness (QED) is 0.794. The van der Waals surface area contributed by atoms with Crippen molar-refractivity contribution in [2.24, 2.45) is 0 Å². The second kappa shape index (κ2) is 5.21. The summed E-state index contributed by atoms with van der Waals surface area (Å²) in [7, 11) is 0. The second-order valence-electron chi connectivity index (χ2n) is 5.52. The number of aldehydes is 1. The monoisotopic (exact) mass is 277 g/mol. The van der Waals surface area contributed by atoms with Crippen LogP contribution in [0.2, 0.25) is 0 Å². The van der Waals surface area contributed by atoms with E-state index in [0.717, 1.165) is 17.0 Å². The van der Waals surface area contributed by atoms with Gasteiger partial charge in [-0.3, -0.25) is 4.79 Å². The highest BCUT2D eigenvalue weighted by atomic mass is 32.1. The number of rotatable bonds is 3. The molecule has 2 rings (SSSR count). The van der Waals surface area contributed by atoms with E-state index < -0.39 is 0 Å². The molecule has 0 aliphatic carbocycles. The van der Waals surface area contributed by atoms with E-state index in [4.69, 9.17) is 0 Å². The number of thiazole rings is 1. The first-order valence-corrected chi connectivity index (χ1v) is 6.96. The molecule has 0 aliphatic heterocycles. The van der Waals surface area contributed by atoms with Gasteiger partial charge in [0.1, 0.15) is 12.1 Å². The van der Waals surface area contributed by atoms with Crippen molar-refractivity contribution in [1.82, 2.24) is 4.98 Å². The van der Waals surface area contributed by atoms with Crippen molar-refractivity contribution < 1.29 is 9.18 Å². The Morgan fingerprint density at radius 1 is 1.37 bits per heavy atom. The zero-order chi connectivity index (χ0) is 14.0. The van der Waals surface area contributed by atoms with Crippen molar-refractivity contribution in [3.8, 4) is 0 Å². The highest BCUT2D eigenvalue weighted by Gasteiger charge is 2.18. The van der Waals surface area contributed by atoms with Crippen LogP contribution >= 0.6 is 11.3 Å². The van der Waals surface area contributed by atoms with E-state index in [1.165, 1.54) is 23.5 Å². The van der Waals surface area contributed by atoms with Crippen molar-refractivity contribution in [2.75, 3.05) is 0 Å². The van der Waals surface area contributed by atoms with Gasteiger partial charge in [0.2, 0.25) is 0 Å². The van der Waals surface area contributed by atoms with Crippen LogP contribution in [0.5, 0.6) is 0 Å². The number of benzene rings is 1. The molecule has 0 aliphatic rings. The summed E-state index contributed by atoms with van der Waals surface area (Å²) in [4.78, 5) is 15.3. The first-order chi connectivity index (χ1) is 8.90. The number of carbonyl (C=O) groups excluding carboxylic acids is 1. The number of nitrogens with zero attached hydrogens (tertiary/aromatic N) is 1. The molecule has 0 saturated carbocycles. The summed E-state index contributed by atoms with van der Waals surface area (Å²) in [5.74, 6) is -0.293. The molecule has 100 valence electrons. The van der Waals surface area contributed by atoms with Crippen LogP contribution < -0.4 is 0 Å². The Hall–Kier alpha value is -1.55. The van der Waals surface area contributed by atoms with Gasteiger partial charge in [-0.25, -0.2) is 9.37 Å². The Morgan fingerprint density at radius 2 is 2.11 bits per heavy atom. The normalized spacial score (nSPS) is 11.6. The molecular formula is C15H16FNOS. The number of halogens is 1. The van der Waals surface area contributed by atoms with E-state index in [9.17, 15) is 9.18 Å². The third-order valence-corrected chi connectivity index (χ3v) is 3.72. The van der Waals surface area contributed by atoms with Gasteiger partial charge in [-0.05, 0) is 23.8 Å². The molecule has 1 aromatic heterocycles. The van der Waals surface area contributed by atoms with Gasteiger partial charge in [-0.15, -0.1) is 11.3 Å². The molecule has 0 bridgehead atoms. The standard InChI is InChI=1S/C15H16FNOS/c1-15(2,3)13-9-19-14(17-13)7-11-6-10(8-18)4-5-12(11)16/h4-6,8-9H,7H2,1-3H3. The number of aromatic nitrogens is 1. The van der Waals surface area contributed by atoms with Crippen LogP contribution in [0.25, 0.3) is 0 Å². The molecular weight excluding hydrogens is 261 g/mol. The lowest BCUT2D eigenvalue weighted by molar-refractivity contribution is 0.112. The minimum atomic E-state index is -0.293. The number of hydrogen-bond acceptors (Lipinski definition) is 3. The Labute approximate surface area is 116 Å². The number of carbonyl (C=O) groups is 1. The molecule has 0 radical (unpaired) electrons. The maximum atomic E-state index is 13.7. The molecule has 0 saturated heterocycles. The lowest BCUT2D eigenvalue weighted by Gasteiger charge is -2.14.